The van der Waals surface area contributed by atoms with Gasteiger partial charge in [-0.1, -0.05) is 0 Å². The second kappa shape index (κ2) is 8.97. The number of aliphatic hydroxyl groups is 2. The van der Waals surface area contributed by atoms with Gasteiger partial charge in [-0.2, -0.15) is 39.5 Å². The fourth-order valence-corrected chi connectivity index (χ4v) is 4.15. The van der Waals surface area contributed by atoms with Crippen molar-refractivity contribution < 1.29 is 49.7 Å². The molecule has 6 N–H and O–H groups in total. The zero-order valence-electron chi connectivity index (χ0n) is 20.7. The molecule has 13 heteroatoms. The van der Waals surface area contributed by atoms with Crippen LogP contribution in [0.5, 0.6) is 0 Å². The van der Waals surface area contributed by atoms with Gasteiger partial charge in [-0.3, -0.25) is 0 Å². The summed E-state index contributed by atoms with van der Waals surface area (Å²) < 4.78 is 125. The van der Waals surface area contributed by atoms with E-state index < -0.39 is 69.3 Å². The summed E-state index contributed by atoms with van der Waals surface area (Å²) in [6.07, 6.45) is -15.9. The first kappa shape index (κ1) is 30.6. The number of rotatable bonds is 4. The quantitative estimate of drug-likeness (QED) is 0.267. The maximum Gasteiger partial charge on any atom is 0.421 e. The van der Waals surface area contributed by atoms with Gasteiger partial charge in [0.2, 0.25) is 0 Å². The van der Waals surface area contributed by atoms with Gasteiger partial charge in [-0.25, -0.2) is 0 Å². The van der Waals surface area contributed by atoms with Crippen LogP contribution in [-0.2, 0) is 11.2 Å². The van der Waals surface area contributed by atoms with E-state index in [-0.39, 0.29) is 22.3 Å². The third-order valence-electron chi connectivity index (χ3n) is 7.08. The third-order valence-corrected chi connectivity index (χ3v) is 7.08. The predicted octanol–water partition coefficient (Wildman–Crippen LogP) is 6.32. The Balaban J connectivity index is 3.08. The van der Waals surface area contributed by atoms with E-state index in [0.717, 1.165) is 13.8 Å². The van der Waals surface area contributed by atoms with Crippen LogP contribution in [0.1, 0.15) is 64.3 Å². The average Bonchev–Trinajstić information content (AvgIpc) is 2.70. The Bertz CT molecular complexity index is 1120. The molecule has 0 saturated carbocycles. The van der Waals surface area contributed by atoms with Crippen LogP contribution in [0.15, 0.2) is 12.1 Å². The number of halogens is 9. The van der Waals surface area contributed by atoms with E-state index in [0.29, 0.717) is 26.0 Å². The Labute approximate surface area is 207 Å². The van der Waals surface area contributed by atoms with Crippen LogP contribution in [0.3, 0.4) is 0 Å². The molecule has 0 aliphatic rings. The van der Waals surface area contributed by atoms with Crippen molar-refractivity contribution >= 4 is 11.4 Å². The third kappa shape index (κ3) is 4.95. The fraction of sp³-hybridized carbons (Fsp3) is 0.500. The van der Waals surface area contributed by atoms with Gasteiger partial charge in [-0.15, -0.1) is 0 Å². The lowest BCUT2D eigenvalue weighted by Gasteiger charge is -2.34. The second-order valence-electron chi connectivity index (χ2n) is 9.47. The fourth-order valence-electron chi connectivity index (χ4n) is 4.15. The van der Waals surface area contributed by atoms with Crippen LogP contribution in [-0.4, -0.2) is 28.7 Å². The molecule has 2 aromatic rings. The number of nitrogens with two attached hydrogens (primary N) is 2. The molecular weight excluding hydrogens is 519 g/mol. The average molecular weight is 546 g/mol. The Morgan fingerprint density at radius 2 is 0.865 bits per heavy atom. The summed E-state index contributed by atoms with van der Waals surface area (Å²) >= 11 is 0. The standard InChI is InChI=1S/C24H27F9N2O2/c1-9-11(3)18(34)15(20(5,36)23(28,29)30)7-13(9)17(22(25,26)27)14-8-16(19(35)12(4)10(14)2)21(6,37)24(31,32)33/h7-8,17,36-37H,34-35H2,1-6H3. The van der Waals surface area contributed by atoms with Crippen molar-refractivity contribution in [2.45, 2.75) is 77.2 Å². The predicted molar refractivity (Wildman–Crippen MR) is 120 cm³/mol. The molecule has 2 rings (SSSR count). The van der Waals surface area contributed by atoms with E-state index in [1.54, 1.807) is 0 Å². The minimum absolute atomic E-state index is 0.181. The van der Waals surface area contributed by atoms with Crippen LogP contribution < -0.4 is 11.5 Å². The molecule has 0 amide bonds. The van der Waals surface area contributed by atoms with Crippen LogP contribution in [0.4, 0.5) is 50.9 Å². The zero-order chi connectivity index (χ0) is 29.3. The first-order valence-electron chi connectivity index (χ1n) is 10.7. The van der Waals surface area contributed by atoms with Crippen molar-refractivity contribution in [3.8, 4) is 0 Å². The topological polar surface area (TPSA) is 92.5 Å². The summed E-state index contributed by atoms with van der Waals surface area (Å²) in [5.41, 5.74) is -1.25. The van der Waals surface area contributed by atoms with Gasteiger partial charge in [0.25, 0.3) is 0 Å². The monoisotopic (exact) mass is 546 g/mol. The lowest BCUT2D eigenvalue weighted by molar-refractivity contribution is -0.258. The number of nitrogen functional groups attached to an aromatic ring is 2. The van der Waals surface area contributed by atoms with Crippen molar-refractivity contribution in [3.63, 3.8) is 0 Å². The minimum atomic E-state index is -5.32. The molecule has 0 heterocycles. The Morgan fingerprint density at radius 3 is 1.08 bits per heavy atom. The molecule has 208 valence electrons. The number of anilines is 2. The van der Waals surface area contributed by atoms with E-state index in [1.807, 2.05) is 0 Å². The van der Waals surface area contributed by atoms with Crippen LogP contribution in [0.25, 0.3) is 0 Å². The number of alkyl halides is 9. The molecule has 2 unspecified atom stereocenters. The maximum absolute atomic E-state index is 14.6. The van der Waals surface area contributed by atoms with Crippen LogP contribution in [0, 0.1) is 27.7 Å². The Hall–Kier alpha value is -2.67. The van der Waals surface area contributed by atoms with Gasteiger partial charge in [0.05, 0.1) is 0 Å². The SMILES string of the molecule is Cc1c(C(c2cc(C(C)(O)C(F)(F)F)c(N)c(C)c2C)C(F)(F)F)cc(C(C)(O)C(F)(F)F)c(N)c1C. The molecule has 0 saturated heterocycles. The van der Waals surface area contributed by atoms with Gasteiger partial charge < -0.3 is 21.7 Å². The second-order valence-corrected chi connectivity index (χ2v) is 9.47. The van der Waals surface area contributed by atoms with Gasteiger partial charge in [0.15, 0.2) is 11.2 Å². The van der Waals surface area contributed by atoms with Crippen molar-refractivity contribution in [3.05, 3.63) is 56.6 Å². The van der Waals surface area contributed by atoms with Gasteiger partial charge >= 0.3 is 18.5 Å². The van der Waals surface area contributed by atoms with Gasteiger partial charge in [-0.05, 0) is 87.1 Å². The molecule has 2 atom stereocenters. The largest absolute Gasteiger partial charge is 0.421 e. The summed E-state index contributed by atoms with van der Waals surface area (Å²) in [6, 6.07) is 0.937. The van der Waals surface area contributed by atoms with Crippen LogP contribution >= 0.6 is 0 Å². The molecule has 37 heavy (non-hydrogen) atoms. The molecular formula is C24H27F9N2O2. The summed E-state index contributed by atoms with van der Waals surface area (Å²) in [5, 5.41) is 20.4. The molecule has 0 aliphatic heterocycles. The molecule has 0 bridgehead atoms. The Kier molecular flexibility index (Phi) is 7.40. The molecule has 0 aromatic heterocycles. The number of hydrogen-bond acceptors (Lipinski definition) is 4. The summed E-state index contributed by atoms with van der Waals surface area (Å²) in [6.45, 7) is 5.32. The van der Waals surface area contributed by atoms with Gasteiger partial charge in [0.1, 0.15) is 5.92 Å². The first-order chi connectivity index (χ1) is 16.3. The highest BCUT2D eigenvalue weighted by Gasteiger charge is 2.55. The lowest BCUT2D eigenvalue weighted by atomic mass is 9.77. The Morgan fingerprint density at radius 1 is 0.595 bits per heavy atom. The molecule has 0 spiro atoms. The number of hydrogen-bond donors (Lipinski definition) is 4. The van der Waals surface area contributed by atoms with Gasteiger partial charge in [0, 0.05) is 22.5 Å². The van der Waals surface area contributed by atoms with E-state index >= 15 is 0 Å². The van der Waals surface area contributed by atoms with Crippen molar-refractivity contribution in [1.82, 2.24) is 0 Å². The highest BCUT2D eigenvalue weighted by atomic mass is 19.4. The molecule has 0 aliphatic carbocycles. The molecule has 4 nitrogen and oxygen atoms in total. The highest BCUT2D eigenvalue weighted by molar-refractivity contribution is 5.66. The van der Waals surface area contributed by atoms with E-state index in [2.05, 4.69) is 0 Å². The van der Waals surface area contributed by atoms with E-state index in [1.165, 1.54) is 13.8 Å². The minimum Gasteiger partial charge on any atom is -0.398 e. The smallest absolute Gasteiger partial charge is 0.398 e. The normalized spacial score (nSPS) is 17.3. The highest BCUT2D eigenvalue weighted by Crippen LogP contribution is 2.50. The van der Waals surface area contributed by atoms with E-state index in [4.69, 9.17) is 11.5 Å². The number of benzene rings is 2. The first-order valence-corrected chi connectivity index (χ1v) is 10.7. The zero-order valence-corrected chi connectivity index (χ0v) is 20.7. The van der Waals surface area contributed by atoms with Crippen molar-refractivity contribution in [2.75, 3.05) is 11.5 Å². The summed E-state index contributed by atoms with van der Waals surface area (Å²) in [5.74, 6) is -2.75. The summed E-state index contributed by atoms with van der Waals surface area (Å²) in [4.78, 5) is 0. The molecule has 0 fully saturated rings. The maximum atomic E-state index is 14.6. The molecule has 0 radical (unpaired) electrons. The lowest BCUT2D eigenvalue weighted by Crippen LogP contribution is -2.41. The van der Waals surface area contributed by atoms with Crippen molar-refractivity contribution in [1.29, 1.82) is 0 Å². The van der Waals surface area contributed by atoms with Crippen molar-refractivity contribution in [2.24, 2.45) is 0 Å². The van der Waals surface area contributed by atoms with Crippen LogP contribution in [0.2, 0.25) is 0 Å². The van der Waals surface area contributed by atoms with E-state index in [9.17, 15) is 49.7 Å². The molecule has 2 aromatic carbocycles. The summed E-state index contributed by atoms with van der Waals surface area (Å²) in [7, 11) is 0.